The maximum Gasteiger partial charge on any atom is 0.182 e. The standard InChI is InChI=1S/C17H23BrO2/c1-17(2,13-9-5-3-6-10-13)15(19)16(18)20-14-11-7-4-8-12-14/h3,5-6,9-10,14,16H,4,7-8,11-12H2,1-2H3. The van der Waals surface area contributed by atoms with E-state index in [1.165, 1.54) is 19.3 Å². The minimum Gasteiger partial charge on any atom is -0.356 e. The maximum atomic E-state index is 12.7. The Hall–Kier alpha value is -0.670. The van der Waals surface area contributed by atoms with Gasteiger partial charge in [-0.15, -0.1) is 0 Å². The minimum absolute atomic E-state index is 0.0919. The third-order valence-electron chi connectivity index (χ3n) is 4.18. The molecule has 0 radical (unpaired) electrons. The summed E-state index contributed by atoms with van der Waals surface area (Å²) in [7, 11) is 0. The van der Waals surface area contributed by atoms with Crippen LogP contribution in [0.15, 0.2) is 30.3 Å². The molecule has 1 fully saturated rings. The molecule has 0 saturated heterocycles. The highest BCUT2D eigenvalue weighted by Crippen LogP contribution is 2.30. The van der Waals surface area contributed by atoms with Crippen molar-refractivity contribution in [3.63, 3.8) is 0 Å². The van der Waals surface area contributed by atoms with E-state index in [1.807, 2.05) is 44.2 Å². The van der Waals surface area contributed by atoms with Crippen LogP contribution in [0.25, 0.3) is 0 Å². The molecule has 0 aliphatic heterocycles. The number of rotatable bonds is 5. The van der Waals surface area contributed by atoms with Crippen molar-refractivity contribution in [1.82, 2.24) is 0 Å². The predicted molar refractivity (Wildman–Crippen MR) is 85.1 cm³/mol. The van der Waals surface area contributed by atoms with Crippen LogP contribution in [-0.2, 0) is 14.9 Å². The minimum atomic E-state index is -0.538. The van der Waals surface area contributed by atoms with Crippen molar-refractivity contribution in [3.05, 3.63) is 35.9 Å². The Kier molecular flexibility index (Phi) is 5.39. The van der Waals surface area contributed by atoms with E-state index in [4.69, 9.17) is 4.74 Å². The van der Waals surface area contributed by atoms with Crippen LogP contribution in [0, 0.1) is 0 Å². The number of carbonyl (C=O) groups is 1. The van der Waals surface area contributed by atoms with Gasteiger partial charge in [-0.2, -0.15) is 0 Å². The summed E-state index contributed by atoms with van der Waals surface area (Å²) in [6.07, 6.45) is 6.07. The van der Waals surface area contributed by atoms with Crippen LogP contribution in [0.2, 0.25) is 0 Å². The Bertz CT molecular complexity index is 436. The molecular formula is C17H23BrO2. The molecule has 1 atom stereocenters. The summed E-state index contributed by atoms with van der Waals surface area (Å²) in [5.41, 5.74) is 0.492. The molecular weight excluding hydrogens is 316 g/mol. The van der Waals surface area contributed by atoms with E-state index in [9.17, 15) is 4.79 Å². The number of benzene rings is 1. The topological polar surface area (TPSA) is 26.3 Å². The first kappa shape index (κ1) is 15.7. The molecule has 1 unspecified atom stereocenters. The molecule has 1 aromatic rings. The van der Waals surface area contributed by atoms with E-state index < -0.39 is 10.4 Å². The Morgan fingerprint density at radius 1 is 1.20 bits per heavy atom. The SMILES string of the molecule is CC(C)(C(=O)C(Br)OC1CCCCC1)c1ccccc1. The second-order valence-electron chi connectivity index (χ2n) is 6.07. The zero-order valence-corrected chi connectivity index (χ0v) is 13.9. The van der Waals surface area contributed by atoms with Crippen LogP contribution in [-0.4, -0.2) is 16.9 Å². The molecule has 1 aliphatic rings. The molecule has 110 valence electrons. The van der Waals surface area contributed by atoms with E-state index in [0.29, 0.717) is 0 Å². The highest BCUT2D eigenvalue weighted by Gasteiger charge is 2.35. The molecule has 0 heterocycles. The van der Waals surface area contributed by atoms with E-state index >= 15 is 0 Å². The van der Waals surface area contributed by atoms with Crippen LogP contribution in [0.1, 0.15) is 51.5 Å². The first-order chi connectivity index (χ1) is 9.51. The molecule has 0 amide bonds. The Morgan fingerprint density at radius 3 is 2.40 bits per heavy atom. The van der Waals surface area contributed by atoms with Crippen molar-refractivity contribution < 1.29 is 9.53 Å². The van der Waals surface area contributed by atoms with Gasteiger partial charge in [0.15, 0.2) is 10.8 Å². The van der Waals surface area contributed by atoms with Crippen LogP contribution < -0.4 is 0 Å². The highest BCUT2D eigenvalue weighted by atomic mass is 79.9. The van der Waals surface area contributed by atoms with Gasteiger partial charge >= 0.3 is 0 Å². The number of ether oxygens (including phenoxy) is 1. The van der Waals surface area contributed by atoms with Crippen LogP contribution >= 0.6 is 15.9 Å². The lowest BCUT2D eigenvalue weighted by atomic mass is 9.81. The molecule has 1 saturated carbocycles. The summed E-state index contributed by atoms with van der Waals surface area (Å²) in [6.45, 7) is 3.92. The van der Waals surface area contributed by atoms with Gasteiger partial charge in [0.1, 0.15) is 0 Å². The predicted octanol–water partition coefficient (Wildman–Crippen LogP) is 4.60. The summed E-state index contributed by atoms with van der Waals surface area (Å²) in [5.74, 6) is 0.0919. The van der Waals surface area contributed by atoms with Gasteiger partial charge in [-0.05, 0) is 48.2 Å². The van der Waals surface area contributed by atoms with Gasteiger partial charge in [-0.1, -0.05) is 49.6 Å². The molecule has 2 nitrogen and oxygen atoms in total. The lowest BCUT2D eigenvalue weighted by molar-refractivity contribution is -0.133. The average molecular weight is 339 g/mol. The first-order valence-electron chi connectivity index (χ1n) is 7.41. The fourth-order valence-electron chi connectivity index (χ4n) is 2.71. The third-order valence-corrected chi connectivity index (χ3v) is 4.81. The Labute approximate surface area is 130 Å². The molecule has 3 heteroatoms. The summed E-state index contributed by atoms with van der Waals surface area (Å²) in [6, 6.07) is 9.90. The largest absolute Gasteiger partial charge is 0.356 e. The quantitative estimate of drug-likeness (QED) is 0.733. The second-order valence-corrected chi connectivity index (χ2v) is 6.90. The zero-order chi connectivity index (χ0) is 14.6. The number of hydrogen-bond acceptors (Lipinski definition) is 2. The zero-order valence-electron chi connectivity index (χ0n) is 12.3. The van der Waals surface area contributed by atoms with E-state index in [2.05, 4.69) is 15.9 Å². The Balaban J connectivity index is 2.01. The maximum absolute atomic E-state index is 12.7. The van der Waals surface area contributed by atoms with Gasteiger partial charge in [-0.3, -0.25) is 4.79 Å². The van der Waals surface area contributed by atoms with Crippen molar-refractivity contribution in [2.24, 2.45) is 0 Å². The van der Waals surface area contributed by atoms with Gasteiger partial charge < -0.3 is 4.74 Å². The normalized spacial score (nSPS) is 18.8. The van der Waals surface area contributed by atoms with Crippen molar-refractivity contribution in [2.75, 3.05) is 0 Å². The van der Waals surface area contributed by atoms with Crippen LogP contribution in [0.3, 0.4) is 0 Å². The summed E-state index contributed by atoms with van der Waals surface area (Å²) in [5, 5.41) is -0.513. The Morgan fingerprint density at radius 2 is 1.80 bits per heavy atom. The molecule has 0 bridgehead atoms. The van der Waals surface area contributed by atoms with Gasteiger partial charge in [-0.25, -0.2) is 0 Å². The smallest absolute Gasteiger partial charge is 0.182 e. The number of hydrogen-bond donors (Lipinski definition) is 0. The lowest BCUT2D eigenvalue weighted by Gasteiger charge is -2.30. The molecule has 0 spiro atoms. The van der Waals surface area contributed by atoms with Crippen molar-refractivity contribution in [3.8, 4) is 0 Å². The molecule has 1 aromatic carbocycles. The van der Waals surface area contributed by atoms with E-state index in [-0.39, 0.29) is 11.9 Å². The number of alkyl halides is 1. The van der Waals surface area contributed by atoms with Crippen molar-refractivity contribution in [2.45, 2.75) is 62.5 Å². The fraction of sp³-hybridized carbons (Fsp3) is 0.588. The molecule has 0 aromatic heterocycles. The number of carbonyl (C=O) groups excluding carboxylic acids is 1. The number of ketones is 1. The fourth-order valence-corrected chi connectivity index (χ4v) is 3.59. The van der Waals surface area contributed by atoms with Gasteiger partial charge in [0.25, 0.3) is 0 Å². The van der Waals surface area contributed by atoms with Crippen molar-refractivity contribution >= 4 is 21.7 Å². The third kappa shape index (κ3) is 3.70. The number of halogens is 1. The van der Waals surface area contributed by atoms with Crippen LogP contribution in [0.5, 0.6) is 0 Å². The van der Waals surface area contributed by atoms with E-state index in [0.717, 1.165) is 18.4 Å². The monoisotopic (exact) mass is 338 g/mol. The van der Waals surface area contributed by atoms with Crippen LogP contribution in [0.4, 0.5) is 0 Å². The summed E-state index contributed by atoms with van der Waals surface area (Å²) < 4.78 is 5.93. The van der Waals surface area contributed by atoms with Gasteiger partial charge in [0, 0.05) is 0 Å². The molecule has 20 heavy (non-hydrogen) atoms. The van der Waals surface area contributed by atoms with Gasteiger partial charge in [0.2, 0.25) is 0 Å². The lowest BCUT2D eigenvalue weighted by Crippen LogP contribution is -2.38. The average Bonchev–Trinajstić information content (AvgIpc) is 2.48. The second kappa shape index (κ2) is 6.86. The first-order valence-corrected chi connectivity index (χ1v) is 8.33. The molecule has 2 rings (SSSR count). The molecule has 1 aliphatic carbocycles. The van der Waals surface area contributed by atoms with E-state index in [1.54, 1.807) is 0 Å². The summed E-state index contributed by atoms with van der Waals surface area (Å²) in [4.78, 5) is 12.7. The highest BCUT2D eigenvalue weighted by molar-refractivity contribution is 9.09. The number of Topliss-reactive ketones (excluding diaryl/α,β-unsaturated/α-hetero) is 1. The molecule has 0 N–H and O–H groups in total. The van der Waals surface area contributed by atoms with Gasteiger partial charge in [0.05, 0.1) is 11.5 Å². The van der Waals surface area contributed by atoms with Crippen molar-refractivity contribution in [1.29, 1.82) is 0 Å². The summed E-state index contributed by atoms with van der Waals surface area (Å²) >= 11 is 3.44.